The number of nitrogens with one attached hydrogen (secondary N) is 1. The fraction of sp³-hybridized carbons (Fsp3) is 0.222. The fourth-order valence-corrected chi connectivity index (χ4v) is 3.23. The van der Waals surface area contributed by atoms with Gasteiger partial charge in [0.25, 0.3) is 0 Å². The molecule has 0 saturated heterocycles. The molecule has 0 bridgehead atoms. The maximum absolute atomic E-state index is 11.4. The number of H-pyrrole nitrogens is 1. The predicted molar refractivity (Wildman–Crippen MR) is 94.1 cm³/mol. The summed E-state index contributed by atoms with van der Waals surface area (Å²) in [6, 6.07) is 15.9. The van der Waals surface area contributed by atoms with Gasteiger partial charge in [0.2, 0.25) is 0 Å². The SMILES string of the molecule is CC(c1c[nH]c2cc(Br)ccc12)C(Cc1ccccc1)N=O. The number of benzene rings is 2. The minimum absolute atomic E-state index is 0.0626. The molecule has 112 valence electrons. The molecule has 2 unspecified atom stereocenters. The van der Waals surface area contributed by atoms with Crippen LogP contribution in [0.25, 0.3) is 10.9 Å². The summed E-state index contributed by atoms with van der Waals surface area (Å²) in [5.74, 6) is 0.0626. The van der Waals surface area contributed by atoms with Gasteiger partial charge in [-0.25, -0.2) is 0 Å². The van der Waals surface area contributed by atoms with Crippen molar-refractivity contribution in [1.82, 2.24) is 4.98 Å². The van der Waals surface area contributed by atoms with Crippen molar-refractivity contribution >= 4 is 26.8 Å². The minimum atomic E-state index is -0.273. The maximum Gasteiger partial charge on any atom is 0.103 e. The number of halogens is 1. The van der Waals surface area contributed by atoms with Crippen molar-refractivity contribution in [3.05, 3.63) is 75.2 Å². The van der Waals surface area contributed by atoms with Gasteiger partial charge in [0, 0.05) is 27.5 Å². The molecular formula is C18H17BrN2O. The highest BCUT2D eigenvalue weighted by Gasteiger charge is 2.22. The smallest absolute Gasteiger partial charge is 0.103 e. The third-order valence-corrected chi connectivity index (χ3v) is 4.66. The molecule has 0 amide bonds. The molecule has 3 rings (SSSR count). The zero-order valence-corrected chi connectivity index (χ0v) is 13.9. The summed E-state index contributed by atoms with van der Waals surface area (Å²) in [5.41, 5.74) is 3.35. The molecule has 3 aromatic rings. The van der Waals surface area contributed by atoms with Crippen molar-refractivity contribution in [3.8, 4) is 0 Å². The first kappa shape index (κ1) is 15.0. The van der Waals surface area contributed by atoms with E-state index in [9.17, 15) is 4.91 Å². The van der Waals surface area contributed by atoms with Crippen LogP contribution < -0.4 is 0 Å². The number of hydrogen-bond acceptors (Lipinski definition) is 2. The summed E-state index contributed by atoms with van der Waals surface area (Å²) < 4.78 is 1.04. The van der Waals surface area contributed by atoms with Gasteiger partial charge in [-0.3, -0.25) is 0 Å². The zero-order chi connectivity index (χ0) is 15.5. The van der Waals surface area contributed by atoms with Gasteiger partial charge in [0.1, 0.15) is 6.04 Å². The second-order valence-corrected chi connectivity index (χ2v) is 6.50. The van der Waals surface area contributed by atoms with E-state index < -0.39 is 0 Å². The highest BCUT2D eigenvalue weighted by Crippen LogP contribution is 2.31. The number of hydrogen-bond donors (Lipinski definition) is 1. The summed E-state index contributed by atoms with van der Waals surface area (Å²) in [4.78, 5) is 14.6. The minimum Gasteiger partial charge on any atom is -0.361 e. The fourth-order valence-electron chi connectivity index (χ4n) is 2.87. The Balaban J connectivity index is 1.89. The molecule has 0 radical (unpaired) electrons. The molecule has 0 spiro atoms. The molecule has 0 fully saturated rings. The molecule has 0 aliphatic carbocycles. The normalized spacial score (nSPS) is 13.9. The van der Waals surface area contributed by atoms with E-state index in [4.69, 9.17) is 0 Å². The van der Waals surface area contributed by atoms with Gasteiger partial charge in [-0.05, 0) is 29.7 Å². The van der Waals surface area contributed by atoms with Gasteiger partial charge >= 0.3 is 0 Å². The summed E-state index contributed by atoms with van der Waals surface area (Å²) >= 11 is 3.48. The molecule has 0 aliphatic rings. The molecular weight excluding hydrogens is 340 g/mol. The monoisotopic (exact) mass is 356 g/mol. The molecule has 3 nitrogen and oxygen atoms in total. The van der Waals surface area contributed by atoms with E-state index in [2.05, 4.69) is 39.1 Å². The van der Waals surface area contributed by atoms with E-state index in [1.165, 1.54) is 0 Å². The van der Waals surface area contributed by atoms with Crippen LogP contribution in [0.5, 0.6) is 0 Å². The van der Waals surface area contributed by atoms with E-state index in [1.807, 2.05) is 48.7 Å². The molecule has 0 aliphatic heterocycles. The molecule has 2 aromatic carbocycles. The Labute approximate surface area is 137 Å². The molecule has 2 atom stereocenters. The Morgan fingerprint density at radius 3 is 2.68 bits per heavy atom. The van der Waals surface area contributed by atoms with Crippen LogP contribution in [-0.4, -0.2) is 11.0 Å². The first-order valence-corrected chi connectivity index (χ1v) is 8.11. The van der Waals surface area contributed by atoms with Crippen molar-refractivity contribution in [2.24, 2.45) is 5.18 Å². The predicted octanol–water partition coefficient (Wildman–Crippen LogP) is 5.41. The van der Waals surface area contributed by atoms with Crippen LogP contribution in [0.1, 0.15) is 24.0 Å². The van der Waals surface area contributed by atoms with E-state index in [0.29, 0.717) is 6.42 Å². The molecule has 1 heterocycles. The van der Waals surface area contributed by atoms with Gasteiger partial charge in [0.15, 0.2) is 0 Å². The molecule has 22 heavy (non-hydrogen) atoms. The number of nitroso groups, excluding NO2 is 1. The third kappa shape index (κ3) is 2.97. The number of aromatic amines is 1. The second kappa shape index (κ2) is 6.44. The maximum atomic E-state index is 11.4. The Hall–Kier alpha value is -1.94. The standard InChI is InChI=1S/C18H17BrN2O/c1-12(17(21-22)9-13-5-3-2-4-6-13)16-11-20-18-10-14(19)7-8-15(16)18/h2-8,10-12,17,20H,9H2,1H3. The summed E-state index contributed by atoms with van der Waals surface area (Å²) in [7, 11) is 0. The van der Waals surface area contributed by atoms with Gasteiger partial charge in [-0.15, -0.1) is 0 Å². The van der Waals surface area contributed by atoms with Crippen LogP contribution in [0.4, 0.5) is 0 Å². The number of nitrogens with zero attached hydrogens (tertiary/aromatic N) is 1. The lowest BCUT2D eigenvalue weighted by Crippen LogP contribution is -2.16. The highest BCUT2D eigenvalue weighted by molar-refractivity contribution is 9.10. The molecule has 1 N–H and O–H groups in total. The van der Waals surface area contributed by atoms with Crippen LogP contribution in [0, 0.1) is 4.91 Å². The Morgan fingerprint density at radius 1 is 1.18 bits per heavy atom. The highest BCUT2D eigenvalue weighted by atomic mass is 79.9. The van der Waals surface area contributed by atoms with Gasteiger partial charge < -0.3 is 4.98 Å². The van der Waals surface area contributed by atoms with Crippen molar-refractivity contribution in [1.29, 1.82) is 0 Å². The lowest BCUT2D eigenvalue weighted by Gasteiger charge is -2.17. The van der Waals surface area contributed by atoms with Crippen LogP contribution in [0.2, 0.25) is 0 Å². The second-order valence-electron chi connectivity index (χ2n) is 5.59. The average Bonchev–Trinajstić information content (AvgIpc) is 2.95. The number of rotatable bonds is 5. The lowest BCUT2D eigenvalue weighted by atomic mass is 9.89. The third-order valence-electron chi connectivity index (χ3n) is 4.17. The summed E-state index contributed by atoms with van der Waals surface area (Å²) in [6.07, 6.45) is 2.65. The number of aromatic nitrogens is 1. The van der Waals surface area contributed by atoms with E-state index in [0.717, 1.165) is 26.5 Å². The molecule has 0 saturated carbocycles. The summed E-state index contributed by atoms with van der Waals surface area (Å²) in [6.45, 7) is 2.07. The van der Waals surface area contributed by atoms with Gasteiger partial charge in [-0.2, -0.15) is 4.91 Å². The van der Waals surface area contributed by atoms with Gasteiger partial charge in [0.05, 0.1) is 0 Å². The van der Waals surface area contributed by atoms with Crippen LogP contribution in [0.15, 0.2) is 64.4 Å². The van der Waals surface area contributed by atoms with Crippen molar-refractivity contribution < 1.29 is 0 Å². The lowest BCUT2D eigenvalue weighted by molar-refractivity contribution is 0.565. The van der Waals surface area contributed by atoms with Crippen molar-refractivity contribution in [2.75, 3.05) is 0 Å². The van der Waals surface area contributed by atoms with E-state index in [-0.39, 0.29) is 12.0 Å². The van der Waals surface area contributed by atoms with Crippen LogP contribution in [0.3, 0.4) is 0 Å². The molecule has 4 heteroatoms. The largest absolute Gasteiger partial charge is 0.361 e. The topological polar surface area (TPSA) is 45.2 Å². The first-order valence-electron chi connectivity index (χ1n) is 7.32. The van der Waals surface area contributed by atoms with E-state index >= 15 is 0 Å². The quantitative estimate of drug-likeness (QED) is 0.610. The molecule has 1 aromatic heterocycles. The zero-order valence-electron chi connectivity index (χ0n) is 12.3. The van der Waals surface area contributed by atoms with Crippen LogP contribution >= 0.6 is 15.9 Å². The Kier molecular flexibility index (Phi) is 4.39. The Bertz CT molecular complexity index is 782. The van der Waals surface area contributed by atoms with E-state index in [1.54, 1.807) is 0 Å². The van der Waals surface area contributed by atoms with Crippen molar-refractivity contribution in [2.45, 2.75) is 25.3 Å². The number of fused-ring (bicyclic) bond motifs is 1. The summed E-state index contributed by atoms with van der Waals surface area (Å²) in [5, 5.41) is 4.54. The first-order chi connectivity index (χ1) is 10.7. The van der Waals surface area contributed by atoms with Gasteiger partial charge in [-0.1, -0.05) is 64.4 Å². The van der Waals surface area contributed by atoms with Crippen LogP contribution in [-0.2, 0) is 6.42 Å². The average molecular weight is 357 g/mol. The Morgan fingerprint density at radius 2 is 1.95 bits per heavy atom. The van der Waals surface area contributed by atoms with Crippen molar-refractivity contribution in [3.63, 3.8) is 0 Å².